The van der Waals surface area contributed by atoms with Gasteiger partial charge in [-0.1, -0.05) is 13.8 Å². The van der Waals surface area contributed by atoms with E-state index in [1.165, 1.54) is 32.5 Å². The zero-order valence-corrected chi connectivity index (χ0v) is 13.6. The topological polar surface area (TPSA) is 38.7 Å². The Morgan fingerprint density at radius 1 is 1.30 bits per heavy atom. The maximum Gasteiger partial charge on any atom is 0.0613 e. The van der Waals surface area contributed by atoms with Gasteiger partial charge in [-0.15, -0.1) is 0 Å². The van der Waals surface area contributed by atoms with Gasteiger partial charge in [0, 0.05) is 37.3 Å². The standard InChI is InChI=1S/C16H33N3O/c1-4-8-17-16(13-20)7-6-15(11-16)19-10-9-18(3)14(5-2)12-19/h14-15,17,20H,4-13H2,1-3H3. The summed E-state index contributed by atoms with van der Waals surface area (Å²) in [6.45, 7) is 9.36. The molecule has 3 atom stereocenters. The molecule has 4 heteroatoms. The van der Waals surface area contributed by atoms with Gasteiger partial charge < -0.3 is 15.3 Å². The van der Waals surface area contributed by atoms with Gasteiger partial charge in [0.25, 0.3) is 0 Å². The summed E-state index contributed by atoms with van der Waals surface area (Å²) in [4.78, 5) is 5.18. The first-order chi connectivity index (χ1) is 9.64. The van der Waals surface area contributed by atoms with Crippen LogP contribution in [0.2, 0.25) is 0 Å². The third kappa shape index (κ3) is 3.53. The molecule has 2 rings (SSSR count). The number of piperazine rings is 1. The van der Waals surface area contributed by atoms with E-state index in [4.69, 9.17) is 0 Å². The van der Waals surface area contributed by atoms with Crippen molar-refractivity contribution in [2.24, 2.45) is 0 Å². The van der Waals surface area contributed by atoms with E-state index in [9.17, 15) is 5.11 Å². The number of likely N-dealkylation sites (N-methyl/N-ethyl adjacent to an activating group) is 1. The van der Waals surface area contributed by atoms with Crippen LogP contribution in [-0.4, -0.2) is 72.4 Å². The molecule has 0 bridgehead atoms. The number of aliphatic hydroxyl groups excluding tert-OH is 1. The lowest BCUT2D eigenvalue weighted by Gasteiger charge is -2.42. The Morgan fingerprint density at radius 2 is 2.10 bits per heavy atom. The van der Waals surface area contributed by atoms with Gasteiger partial charge in [0.05, 0.1) is 6.61 Å². The Bertz CT molecular complexity index is 299. The molecule has 4 nitrogen and oxygen atoms in total. The predicted molar refractivity (Wildman–Crippen MR) is 84.0 cm³/mol. The summed E-state index contributed by atoms with van der Waals surface area (Å²) >= 11 is 0. The van der Waals surface area contributed by atoms with Crippen LogP contribution in [0.5, 0.6) is 0 Å². The third-order valence-electron chi connectivity index (χ3n) is 5.43. The molecule has 2 fully saturated rings. The normalized spacial score (nSPS) is 36.6. The van der Waals surface area contributed by atoms with E-state index >= 15 is 0 Å². The second kappa shape index (κ2) is 7.21. The van der Waals surface area contributed by atoms with Gasteiger partial charge in [-0.25, -0.2) is 0 Å². The summed E-state index contributed by atoms with van der Waals surface area (Å²) in [7, 11) is 2.25. The summed E-state index contributed by atoms with van der Waals surface area (Å²) in [5.74, 6) is 0. The summed E-state index contributed by atoms with van der Waals surface area (Å²) in [6, 6.07) is 1.37. The first-order valence-electron chi connectivity index (χ1n) is 8.44. The minimum Gasteiger partial charge on any atom is -0.394 e. The Kier molecular flexibility index (Phi) is 5.84. The molecule has 0 spiro atoms. The smallest absolute Gasteiger partial charge is 0.0613 e. The van der Waals surface area contributed by atoms with Crippen molar-refractivity contribution >= 4 is 0 Å². The van der Waals surface area contributed by atoms with Gasteiger partial charge in [-0.2, -0.15) is 0 Å². The molecule has 118 valence electrons. The maximum atomic E-state index is 9.81. The summed E-state index contributed by atoms with van der Waals surface area (Å²) in [5.41, 5.74) is -0.00820. The average molecular weight is 283 g/mol. The summed E-state index contributed by atoms with van der Waals surface area (Å²) < 4.78 is 0. The van der Waals surface area contributed by atoms with Crippen molar-refractivity contribution in [3.05, 3.63) is 0 Å². The molecular weight excluding hydrogens is 250 g/mol. The third-order valence-corrected chi connectivity index (χ3v) is 5.43. The molecule has 3 unspecified atom stereocenters. The van der Waals surface area contributed by atoms with Crippen LogP contribution in [0.3, 0.4) is 0 Å². The van der Waals surface area contributed by atoms with Crippen molar-refractivity contribution in [3.8, 4) is 0 Å². The van der Waals surface area contributed by atoms with Gasteiger partial charge in [-0.05, 0) is 45.7 Å². The number of nitrogens with zero attached hydrogens (tertiary/aromatic N) is 2. The highest BCUT2D eigenvalue weighted by molar-refractivity contribution is 5.00. The Hall–Kier alpha value is -0.160. The molecule has 0 radical (unpaired) electrons. The molecule has 0 aromatic carbocycles. The quantitative estimate of drug-likeness (QED) is 0.771. The predicted octanol–water partition coefficient (Wildman–Crippen LogP) is 1.30. The Morgan fingerprint density at radius 3 is 2.75 bits per heavy atom. The van der Waals surface area contributed by atoms with Crippen LogP contribution in [0.1, 0.15) is 46.0 Å². The fraction of sp³-hybridized carbons (Fsp3) is 1.00. The molecule has 20 heavy (non-hydrogen) atoms. The fourth-order valence-corrected chi connectivity index (χ4v) is 3.90. The van der Waals surface area contributed by atoms with E-state index in [0.717, 1.165) is 25.8 Å². The number of aliphatic hydroxyl groups is 1. The summed E-state index contributed by atoms with van der Waals surface area (Å²) in [6.07, 6.45) is 5.84. The zero-order valence-electron chi connectivity index (χ0n) is 13.6. The van der Waals surface area contributed by atoms with E-state index in [1.54, 1.807) is 0 Å². The highest BCUT2D eigenvalue weighted by Crippen LogP contribution is 2.34. The first-order valence-corrected chi connectivity index (χ1v) is 8.44. The van der Waals surface area contributed by atoms with Gasteiger partial charge >= 0.3 is 0 Å². The van der Waals surface area contributed by atoms with Crippen LogP contribution in [0.4, 0.5) is 0 Å². The van der Waals surface area contributed by atoms with E-state index in [2.05, 4.69) is 36.0 Å². The lowest BCUT2D eigenvalue weighted by molar-refractivity contribution is 0.0583. The van der Waals surface area contributed by atoms with Crippen molar-refractivity contribution in [1.29, 1.82) is 0 Å². The number of hydrogen-bond acceptors (Lipinski definition) is 4. The van der Waals surface area contributed by atoms with Crippen LogP contribution < -0.4 is 5.32 Å². The monoisotopic (exact) mass is 283 g/mol. The SMILES string of the molecule is CCCNC1(CO)CCC(N2CCN(C)C(CC)C2)C1. The molecule has 0 amide bonds. The second-order valence-electron chi connectivity index (χ2n) is 6.80. The molecule has 1 heterocycles. The molecule has 1 aliphatic carbocycles. The lowest BCUT2D eigenvalue weighted by atomic mass is 9.97. The molecule has 1 saturated heterocycles. The average Bonchev–Trinajstić information content (AvgIpc) is 2.91. The van der Waals surface area contributed by atoms with E-state index in [1.807, 2.05) is 0 Å². The second-order valence-corrected chi connectivity index (χ2v) is 6.80. The van der Waals surface area contributed by atoms with Crippen molar-refractivity contribution in [1.82, 2.24) is 15.1 Å². The molecule has 1 saturated carbocycles. The van der Waals surface area contributed by atoms with Crippen LogP contribution in [0, 0.1) is 0 Å². The molecule has 2 N–H and O–H groups in total. The maximum absolute atomic E-state index is 9.81. The number of nitrogens with one attached hydrogen (secondary N) is 1. The van der Waals surface area contributed by atoms with Crippen LogP contribution in [0.15, 0.2) is 0 Å². The highest BCUT2D eigenvalue weighted by Gasteiger charge is 2.41. The van der Waals surface area contributed by atoms with Crippen molar-refractivity contribution in [2.45, 2.75) is 63.6 Å². The largest absolute Gasteiger partial charge is 0.394 e. The van der Waals surface area contributed by atoms with Crippen LogP contribution in [0.25, 0.3) is 0 Å². The van der Waals surface area contributed by atoms with Gasteiger partial charge in [0.2, 0.25) is 0 Å². The molecule has 1 aliphatic heterocycles. The molecular formula is C16H33N3O. The van der Waals surface area contributed by atoms with Crippen molar-refractivity contribution < 1.29 is 5.11 Å². The van der Waals surface area contributed by atoms with E-state index in [-0.39, 0.29) is 12.1 Å². The lowest BCUT2D eigenvalue weighted by Crippen LogP contribution is -2.55. The fourth-order valence-electron chi connectivity index (χ4n) is 3.90. The molecule has 2 aliphatic rings. The Balaban J connectivity index is 1.91. The first kappa shape index (κ1) is 16.2. The van der Waals surface area contributed by atoms with Crippen LogP contribution in [-0.2, 0) is 0 Å². The zero-order chi connectivity index (χ0) is 14.6. The number of rotatable bonds is 6. The highest BCUT2D eigenvalue weighted by atomic mass is 16.3. The van der Waals surface area contributed by atoms with E-state index < -0.39 is 0 Å². The van der Waals surface area contributed by atoms with Gasteiger partial charge in [-0.3, -0.25) is 4.90 Å². The van der Waals surface area contributed by atoms with E-state index in [0.29, 0.717) is 12.1 Å². The Labute approximate surface area is 124 Å². The molecule has 0 aromatic rings. The van der Waals surface area contributed by atoms with Crippen LogP contribution >= 0.6 is 0 Å². The number of hydrogen-bond donors (Lipinski definition) is 2. The molecule has 0 aromatic heterocycles. The minimum atomic E-state index is -0.00820. The van der Waals surface area contributed by atoms with Gasteiger partial charge in [0.15, 0.2) is 0 Å². The minimum absolute atomic E-state index is 0.00820. The van der Waals surface area contributed by atoms with Gasteiger partial charge in [0.1, 0.15) is 0 Å². The van der Waals surface area contributed by atoms with Crippen molar-refractivity contribution in [2.75, 3.05) is 39.8 Å². The summed E-state index contributed by atoms with van der Waals surface area (Å²) in [5, 5.41) is 13.4. The van der Waals surface area contributed by atoms with Crippen molar-refractivity contribution in [3.63, 3.8) is 0 Å².